The minimum Gasteiger partial charge on any atom is -0.353 e. The van der Waals surface area contributed by atoms with E-state index in [9.17, 15) is 4.79 Å². The van der Waals surface area contributed by atoms with Crippen LogP contribution in [0.15, 0.2) is 42.6 Å². The average Bonchev–Trinajstić information content (AvgIpc) is 3.01. The van der Waals surface area contributed by atoms with Crippen LogP contribution in [-0.4, -0.2) is 10.5 Å². The van der Waals surface area contributed by atoms with Gasteiger partial charge in [0.25, 0.3) is 5.91 Å². The normalized spacial score (nSPS) is 10.9. The van der Waals surface area contributed by atoms with Gasteiger partial charge >= 0.3 is 0 Å². The lowest BCUT2D eigenvalue weighted by Crippen LogP contribution is -2.22. The number of nitrogens with zero attached hydrogens (tertiary/aromatic N) is 1. The highest BCUT2D eigenvalue weighted by molar-refractivity contribution is 7.20. The summed E-state index contributed by atoms with van der Waals surface area (Å²) in [6, 6.07) is 11.5. The number of amides is 1. The van der Waals surface area contributed by atoms with E-state index < -0.39 is 0 Å². The first kappa shape index (κ1) is 13.2. The van der Waals surface area contributed by atoms with Crippen molar-refractivity contribution in [1.82, 2.24) is 9.88 Å². The Morgan fingerprint density at radius 2 is 2.20 bits per heavy atom. The summed E-state index contributed by atoms with van der Waals surface area (Å²) >= 11 is 7.41. The number of carbonyl (C=O) groups excluding carboxylic acids is 1. The van der Waals surface area contributed by atoms with Gasteiger partial charge in [0.2, 0.25) is 0 Å². The molecule has 102 valence electrons. The van der Waals surface area contributed by atoms with Crippen molar-refractivity contribution in [3.8, 4) is 0 Å². The molecule has 0 aliphatic carbocycles. The van der Waals surface area contributed by atoms with Gasteiger partial charge in [0.05, 0.1) is 11.4 Å². The minimum atomic E-state index is -0.0523. The molecule has 0 aliphatic rings. The number of rotatable bonds is 3. The Labute approximate surface area is 125 Å². The topological polar surface area (TPSA) is 34.0 Å². The zero-order valence-electron chi connectivity index (χ0n) is 10.9. The molecule has 0 saturated heterocycles. The van der Waals surface area contributed by atoms with Crippen molar-refractivity contribution in [1.29, 1.82) is 0 Å². The number of fused-ring (bicyclic) bond motifs is 1. The molecule has 3 aromatic rings. The lowest BCUT2D eigenvalue weighted by molar-refractivity contribution is 0.0954. The Balaban J connectivity index is 1.77. The first-order valence-electron chi connectivity index (χ1n) is 6.21. The number of nitrogens with one attached hydrogen (secondary N) is 1. The average molecular weight is 305 g/mol. The Bertz CT molecular complexity index is 775. The van der Waals surface area contributed by atoms with Gasteiger partial charge in [-0.25, -0.2) is 0 Å². The first-order valence-corrected chi connectivity index (χ1v) is 7.40. The lowest BCUT2D eigenvalue weighted by atomic mass is 10.2. The van der Waals surface area contributed by atoms with Gasteiger partial charge in [-0.15, -0.1) is 11.3 Å². The zero-order valence-corrected chi connectivity index (χ0v) is 12.5. The van der Waals surface area contributed by atoms with Gasteiger partial charge in [0, 0.05) is 28.7 Å². The molecule has 3 nitrogen and oxygen atoms in total. The highest BCUT2D eigenvalue weighted by Gasteiger charge is 2.10. The van der Waals surface area contributed by atoms with Crippen molar-refractivity contribution in [2.75, 3.05) is 0 Å². The summed E-state index contributed by atoms with van der Waals surface area (Å²) in [5.74, 6) is -0.0523. The molecule has 0 unspecified atom stereocenters. The van der Waals surface area contributed by atoms with Gasteiger partial charge in [-0.3, -0.25) is 4.79 Å². The molecule has 20 heavy (non-hydrogen) atoms. The molecule has 0 radical (unpaired) electrons. The fourth-order valence-corrected chi connectivity index (χ4v) is 3.31. The maximum Gasteiger partial charge on any atom is 0.261 e. The Kier molecular flexibility index (Phi) is 3.51. The van der Waals surface area contributed by atoms with Gasteiger partial charge in [-0.05, 0) is 35.7 Å². The van der Waals surface area contributed by atoms with Crippen LogP contribution >= 0.6 is 22.9 Å². The quantitative estimate of drug-likeness (QED) is 0.784. The third-order valence-corrected chi connectivity index (χ3v) is 4.52. The number of aromatic nitrogens is 1. The largest absolute Gasteiger partial charge is 0.353 e. The molecule has 0 aliphatic heterocycles. The standard InChI is InChI=1S/C15H13ClN2OS/c1-18-6-2-3-12(18)9-17-15(19)14-7-10-4-5-11(16)8-13(10)20-14/h2-8H,9H2,1H3,(H,17,19). The van der Waals surface area contributed by atoms with E-state index in [2.05, 4.69) is 5.32 Å². The molecule has 0 spiro atoms. The summed E-state index contributed by atoms with van der Waals surface area (Å²) in [7, 11) is 1.96. The van der Waals surface area contributed by atoms with E-state index in [1.807, 2.05) is 54.2 Å². The van der Waals surface area contributed by atoms with Crippen molar-refractivity contribution in [2.45, 2.75) is 6.54 Å². The molecule has 0 bridgehead atoms. The van der Waals surface area contributed by atoms with E-state index in [0.29, 0.717) is 16.4 Å². The summed E-state index contributed by atoms with van der Waals surface area (Å²) in [4.78, 5) is 12.9. The van der Waals surface area contributed by atoms with Crippen LogP contribution in [0.1, 0.15) is 15.4 Å². The van der Waals surface area contributed by atoms with Gasteiger partial charge in [-0.1, -0.05) is 17.7 Å². The molecule has 2 aromatic heterocycles. The number of hydrogen-bond donors (Lipinski definition) is 1. The molecular formula is C15H13ClN2OS. The van der Waals surface area contributed by atoms with E-state index in [1.165, 1.54) is 11.3 Å². The second kappa shape index (κ2) is 5.31. The van der Waals surface area contributed by atoms with Gasteiger partial charge in [0.1, 0.15) is 0 Å². The molecule has 3 rings (SSSR count). The molecule has 5 heteroatoms. The molecule has 0 fully saturated rings. The molecule has 1 N–H and O–H groups in total. The highest BCUT2D eigenvalue weighted by atomic mass is 35.5. The van der Waals surface area contributed by atoms with E-state index in [1.54, 1.807) is 0 Å². The Morgan fingerprint density at radius 1 is 1.35 bits per heavy atom. The predicted octanol–water partition coefficient (Wildman–Crippen LogP) is 3.82. The molecule has 2 heterocycles. The van der Waals surface area contributed by atoms with Crippen molar-refractivity contribution < 1.29 is 4.79 Å². The smallest absolute Gasteiger partial charge is 0.261 e. The van der Waals surface area contributed by atoms with E-state index >= 15 is 0 Å². The summed E-state index contributed by atoms with van der Waals surface area (Å²) in [5, 5.41) is 4.67. The highest BCUT2D eigenvalue weighted by Crippen LogP contribution is 2.28. The second-order valence-corrected chi connectivity index (χ2v) is 6.11. The van der Waals surface area contributed by atoms with Crippen LogP contribution in [0.4, 0.5) is 0 Å². The molecule has 1 aromatic carbocycles. The zero-order chi connectivity index (χ0) is 14.1. The van der Waals surface area contributed by atoms with Crippen molar-refractivity contribution in [3.63, 3.8) is 0 Å². The molecule has 1 amide bonds. The maximum absolute atomic E-state index is 12.2. The minimum absolute atomic E-state index is 0.0523. The van der Waals surface area contributed by atoms with Crippen LogP contribution in [0.2, 0.25) is 5.02 Å². The van der Waals surface area contributed by atoms with Crippen LogP contribution in [0.25, 0.3) is 10.1 Å². The number of benzene rings is 1. The number of thiophene rings is 1. The lowest BCUT2D eigenvalue weighted by Gasteiger charge is -2.04. The summed E-state index contributed by atoms with van der Waals surface area (Å²) in [5.41, 5.74) is 1.07. The number of halogens is 1. The van der Waals surface area contributed by atoms with Crippen LogP contribution in [0, 0.1) is 0 Å². The van der Waals surface area contributed by atoms with Crippen LogP contribution < -0.4 is 5.32 Å². The van der Waals surface area contributed by atoms with Gasteiger partial charge in [0.15, 0.2) is 0 Å². The van der Waals surface area contributed by atoms with Crippen LogP contribution in [0.5, 0.6) is 0 Å². The number of carbonyl (C=O) groups is 1. The predicted molar refractivity (Wildman–Crippen MR) is 83.4 cm³/mol. The summed E-state index contributed by atoms with van der Waals surface area (Å²) in [6.07, 6.45) is 1.96. The Hall–Kier alpha value is -1.78. The summed E-state index contributed by atoms with van der Waals surface area (Å²) in [6.45, 7) is 0.525. The van der Waals surface area contributed by atoms with Gasteiger partial charge in [-0.2, -0.15) is 0 Å². The maximum atomic E-state index is 12.2. The molecule has 0 saturated carbocycles. The van der Waals surface area contributed by atoms with E-state index in [-0.39, 0.29) is 5.91 Å². The van der Waals surface area contributed by atoms with Crippen LogP contribution in [-0.2, 0) is 13.6 Å². The van der Waals surface area contributed by atoms with Crippen molar-refractivity contribution in [2.24, 2.45) is 7.05 Å². The SMILES string of the molecule is Cn1cccc1CNC(=O)c1cc2ccc(Cl)cc2s1. The van der Waals surface area contributed by atoms with Crippen molar-refractivity contribution >= 4 is 38.9 Å². The Morgan fingerprint density at radius 3 is 2.95 bits per heavy atom. The molecular weight excluding hydrogens is 292 g/mol. The van der Waals surface area contributed by atoms with E-state index in [4.69, 9.17) is 11.6 Å². The third kappa shape index (κ3) is 2.57. The van der Waals surface area contributed by atoms with Crippen molar-refractivity contribution in [3.05, 3.63) is 58.2 Å². The third-order valence-electron chi connectivity index (χ3n) is 3.19. The van der Waals surface area contributed by atoms with Crippen LogP contribution in [0.3, 0.4) is 0 Å². The molecule has 0 atom stereocenters. The van der Waals surface area contributed by atoms with Gasteiger partial charge < -0.3 is 9.88 Å². The summed E-state index contributed by atoms with van der Waals surface area (Å²) < 4.78 is 3.02. The number of hydrogen-bond acceptors (Lipinski definition) is 2. The fourth-order valence-electron chi connectivity index (χ4n) is 2.05. The van der Waals surface area contributed by atoms with E-state index in [0.717, 1.165) is 15.8 Å². The second-order valence-electron chi connectivity index (χ2n) is 4.59. The first-order chi connectivity index (χ1) is 9.63. The number of aryl methyl sites for hydroxylation is 1. The monoisotopic (exact) mass is 304 g/mol. The fraction of sp³-hybridized carbons (Fsp3) is 0.133.